The van der Waals surface area contributed by atoms with Gasteiger partial charge in [-0.15, -0.1) is 0 Å². The van der Waals surface area contributed by atoms with E-state index < -0.39 is 27.5 Å². The maximum absolute atomic E-state index is 14.4. The summed E-state index contributed by atoms with van der Waals surface area (Å²) in [7, 11) is -3.90. The van der Waals surface area contributed by atoms with E-state index in [0.29, 0.717) is 11.1 Å². The molecule has 25 heavy (non-hydrogen) atoms. The van der Waals surface area contributed by atoms with Crippen LogP contribution in [0.4, 0.5) is 13.2 Å². The smallest absolute Gasteiger partial charge is 0.225 e. The third kappa shape index (κ3) is 3.29. The highest BCUT2D eigenvalue weighted by Gasteiger charge is 2.21. The van der Waals surface area contributed by atoms with Crippen LogP contribution in [0.1, 0.15) is 0 Å². The van der Waals surface area contributed by atoms with Crippen LogP contribution in [0, 0.1) is 17.5 Å². The van der Waals surface area contributed by atoms with Crippen molar-refractivity contribution < 1.29 is 21.6 Å². The Morgan fingerprint density at radius 2 is 1.36 bits per heavy atom. The van der Waals surface area contributed by atoms with Crippen LogP contribution in [0.25, 0.3) is 22.3 Å². The van der Waals surface area contributed by atoms with Crippen molar-refractivity contribution in [2.75, 3.05) is 0 Å². The molecule has 0 bridgehead atoms. The summed E-state index contributed by atoms with van der Waals surface area (Å²) >= 11 is 0. The third-order valence-electron chi connectivity index (χ3n) is 3.72. The van der Waals surface area contributed by atoms with Crippen LogP contribution in [0.3, 0.4) is 0 Å². The Balaban J connectivity index is 2.26. The Morgan fingerprint density at radius 1 is 0.760 bits per heavy atom. The third-order valence-corrected chi connectivity index (χ3v) is 4.65. The molecular weight excluding hydrogens is 351 g/mol. The Hall–Kier alpha value is -2.64. The molecule has 0 spiro atoms. The highest BCUT2D eigenvalue weighted by atomic mass is 32.2. The van der Waals surface area contributed by atoms with Gasteiger partial charge < -0.3 is 0 Å². The van der Waals surface area contributed by atoms with E-state index in [1.807, 2.05) is 0 Å². The molecule has 0 radical (unpaired) electrons. The first-order chi connectivity index (χ1) is 11.8. The fraction of sp³-hybridized carbons (Fsp3) is 0. The normalized spacial score (nSPS) is 11.5. The average Bonchev–Trinajstić information content (AvgIpc) is 2.59. The summed E-state index contributed by atoms with van der Waals surface area (Å²) in [5.41, 5.74) is 0.680. The molecule has 0 heterocycles. The maximum atomic E-state index is 14.4. The van der Waals surface area contributed by atoms with Crippen molar-refractivity contribution in [3.63, 3.8) is 0 Å². The molecule has 3 aromatic rings. The minimum absolute atomic E-state index is 0.101. The number of rotatable bonds is 3. The molecule has 0 aliphatic heterocycles. The van der Waals surface area contributed by atoms with Gasteiger partial charge in [-0.3, -0.25) is 0 Å². The van der Waals surface area contributed by atoms with Gasteiger partial charge in [0, 0.05) is 5.56 Å². The average molecular weight is 363 g/mol. The second kappa shape index (κ2) is 6.34. The summed E-state index contributed by atoms with van der Waals surface area (Å²) in [6.45, 7) is 0. The molecule has 3 aromatic carbocycles. The number of benzene rings is 3. The molecule has 0 saturated carbocycles. The Kier molecular flexibility index (Phi) is 4.36. The number of sulfonamides is 1. The molecule has 0 atom stereocenters. The van der Waals surface area contributed by atoms with Gasteiger partial charge in [0.2, 0.25) is 10.0 Å². The molecule has 128 valence electrons. The standard InChI is InChI=1S/C18H12F3NO2S/c19-15-10-14(11-6-8-13(9-7-11)25(22,23)24)16(18(21)17(15)20)12-4-2-1-3-5-12/h1-10H,(H2,22,23,24). The van der Waals surface area contributed by atoms with Gasteiger partial charge in [-0.25, -0.2) is 26.7 Å². The molecule has 0 unspecified atom stereocenters. The summed E-state index contributed by atoms with van der Waals surface area (Å²) in [5.74, 6) is -4.21. The zero-order valence-electron chi connectivity index (χ0n) is 12.7. The van der Waals surface area contributed by atoms with E-state index in [1.165, 1.54) is 24.3 Å². The van der Waals surface area contributed by atoms with Crippen LogP contribution in [0.5, 0.6) is 0 Å². The summed E-state index contributed by atoms with van der Waals surface area (Å²) < 4.78 is 64.6. The molecule has 0 aliphatic carbocycles. The van der Waals surface area contributed by atoms with Crippen LogP contribution >= 0.6 is 0 Å². The quantitative estimate of drug-likeness (QED) is 0.713. The van der Waals surface area contributed by atoms with Gasteiger partial charge in [0.05, 0.1) is 4.90 Å². The number of primary sulfonamides is 1. The molecular formula is C18H12F3NO2S. The molecule has 0 aliphatic rings. The van der Waals surface area contributed by atoms with Gasteiger partial charge in [0.25, 0.3) is 0 Å². The van der Waals surface area contributed by atoms with Gasteiger partial charge in [0.1, 0.15) is 0 Å². The minimum atomic E-state index is -3.90. The lowest BCUT2D eigenvalue weighted by molar-refractivity contribution is 0.449. The van der Waals surface area contributed by atoms with Crippen molar-refractivity contribution in [3.05, 3.63) is 78.1 Å². The summed E-state index contributed by atoms with van der Waals surface area (Å²) in [6.07, 6.45) is 0. The fourth-order valence-electron chi connectivity index (χ4n) is 2.53. The van der Waals surface area contributed by atoms with Crippen molar-refractivity contribution in [2.45, 2.75) is 4.90 Å². The molecule has 7 heteroatoms. The number of hydrogen-bond donors (Lipinski definition) is 1. The van der Waals surface area contributed by atoms with Crippen molar-refractivity contribution >= 4 is 10.0 Å². The first-order valence-corrected chi connectivity index (χ1v) is 8.70. The van der Waals surface area contributed by atoms with Gasteiger partial charge in [-0.2, -0.15) is 0 Å². The van der Waals surface area contributed by atoms with E-state index in [1.54, 1.807) is 30.3 Å². The molecule has 3 rings (SSSR count). The number of nitrogens with two attached hydrogens (primary N) is 1. The molecule has 0 amide bonds. The fourth-order valence-corrected chi connectivity index (χ4v) is 3.05. The highest BCUT2D eigenvalue weighted by Crippen LogP contribution is 2.36. The van der Waals surface area contributed by atoms with E-state index in [0.717, 1.165) is 6.07 Å². The van der Waals surface area contributed by atoms with Crippen molar-refractivity contribution in [1.82, 2.24) is 0 Å². The van der Waals surface area contributed by atoms with E-state index in [4.69, 9.17) is 5.14 Å². The molecule has 3 nitrogen and oxygen atoms in total. The zero-order chi connectivity index (χ0) is 18.2. The van der Waals surface area contributed by atoms with Crippen LogP contribution in [-0.4, -0.2) is 8.42 Å². The van der Waals surface area contributed by atoms with E-state index >= 15 is 0 Å². The lowest BCUT2D eigenvalue weighted by Crippen LogP contribution is -2.11. The monoisotopic (exact) mass is 363 g/mol. The van der Waals surface area contributed by atoms with Gasteiger partial charge in [-0.05, 0) is 34.9 Å². The van der Waals surface area contributed by atoms with Crippen molar-refractivity contribution in [1.29, 1.82) is 0 Å². The topological polar surface area (TPSA) is 60.2 Å². The first kappa shape index (κ1) is 17.2. The maximum Gasteiger partial charge on any atom is 0.238 e. The first-order valence-electron chi connectivity index (χ1n) is 7.15. The second-order valence-corrected chi connectivity index (χ2v) is 6.91. The number of halogens is 3. The Morgan fingerprint density at radius 3 is 1.92 bits per heavy atom. The Labute approximate surface area is 142 Å². The van der Waals surface area contributed by atoms with Gasteiger partial charge in [-0.1, -0.05) is 42.5 Å². The molecule has 2 N–H and O–H groups in total. The minimum Gasteiger partial charge on any atom is -0.225 e. The lowest BCUT2D eigenvalue weighted by atomic mass is 9.93. The van der Waals surface area contributed by atoms with E-state index in [9.17, 15) is 21.6 Å². The molecule has 0 saturated heterocycles. The number of hydrogen-bond acceptors (Lipinski definition) is 2. The zero-order valence-corrected chi connectivity index (χ0v) is 13.5. The van der Waals surface area contributed by atoms with Crippen molar-refractivity contribution in [3.8, 4) is 22.3 Å². The summed E-state index contributed by atoms with van der Waals surface area (Å²) in [5, 5.41) is 5.04. The van der Waals surface area contributed by atoms with Crippen LogP contribution in [-0.2, 0) is 10.0 Å². The SMILES string of the molecule is NS(=O)(=O)c1ccc(-c2cc(F)c(F)c(F)c2-c2ccccc2)cc1. The molecule has 0 fully saturated rings. The summed E-state index contributed by atoms with van der Waals surface area (Å²) in [4.78, 5) is -0.138. The summed E-state index contributed by atoms with van der Waals surface area (Å²) in [6, 6.07) is 14.2. The molecule has 0 aromatic heterocycles. The van der Waals surface area contributed by atoms with Crippen LogP contribution in [0.15, 0.2) is 65.6 Å². The van der Waals surface area contributed by atoms with Gasteiger partial charge >= 0.3 is 0 Å². The highest BCUT2D eigenvalue weighted by molar-refractivity contribution is 7.89. The van der Waals surface area contributed by atoms with Crippen LogP contribution in [0.2, 0.25) is 0 Å². The van der Waals surface area contributed by atoms with Gasteiger partial charge in [0.15, 0.2) is 17.5 Å². The van der Waals surface area contributed by atoms with E-state index in [2.05, 4.69) is 0 Å². The predicted octanol–water partition coefficient (Wildman–Crippen LogP) is 4.09. The lowest BCUT2D eigenvalue weighted by Gasteiger charge is -2.13. The Bertz CT molecular complexity index is 1030. The second-order valence-electron chi connectivity index (χ2n) is 5.34. The van der Waals surface area contributed by atoms with Crippen molar-refractivity contribution in [2.24, 2.45) is 5.14 Å². The van der Waals surface area contributed by atoms with Crippen LogP contribution < -0.4 is 5.14 Å². The predicted molar refractivity (Wildman–Crippen MR) is 88.6 cm³/mol. The van der Waals surface area contributed by atoms with E-state index in [-0.39, 0.29) is 16.0 Å². The largest absolute Gasteiger partial charge is 0.238 e.